The van der Waals surface area contributed by atoms with Crippen molar-refractivity contribution in [2.45, 2.75) is 84.2 Å². The van der Waals surface area contributed by atoms with Gasteiger partial charge in [0, 0.05) is 12.1 Å². The molecule has 0 aliphatic carbocycles. The van der Waals surface area contributed by atoms with Gasteiger partial charge >= 0.3 is 0 Å². The van der Waals surface area contributed by atoms with Crippen LogP contribution in [0.2, 0.25) is 0 Å². The van der Waals surface area contributed by atoms with Crippen molar-refractivity contribution in [3.63, 3.8) is 0 Å². The van der Waals surface area contributed by atoms with E-state index in [2.05, 4.69) is 39.9 Å². The van der Waals surface area contributed by atoms with Crippen LogP contribution in [0, 0.1) is 0 Å². The summed E-state index contributed by atoms with van der Waals surface area (Å²) in [6.07, 6.45) is 5.64. The van der Waals surface area contributed by atoms with Gasteiger partial charge in [-0.3, -0.25) is 0 Å². The highest BCUT2D eigenvalue weighted by Crippen LogP contribution is 2.20. The maximum absolute atomic E-state index is 6.00. The minimum atomic E-state index is 0.174. The molecule has 0 aromatic carbocycles. The Labute approximate surface area is 113 Å². The summed E-state index contributed by atoms with van der Waals surface area (Å²) < 4.78 is 11.8. The van der Waals surface area contributed by atoms with Crippen molar-refractivity contribution >= 4 is 0 Å². The molecule has 3 atom stereocenters. The molecule has 0 spiro atoms. The van der Waals surface area contributed by atoms with E-state index in [0.29, 0.717) is 18.3 Å². The average Bonchev–Trinajstić information content (AvgIpc) is 2.71. The molecule has 18 heavy (non-hydrogen) atoms. The maximum Gasteiger partial charge on any atom is 0.0814 e. The van der Waals surface area contributed by atoms with E-state index >= 15 is 0 Å². The lowest BCUT2D eigenvalue weighted by Gasteiger charge is -2.23. The van der Waals surface area contributed by atoms with Crippen LogP contribution >= 0.6 is 0 Å². The minimum Gasteiger partial charge on any atom is -0.376 e. The van der Waals surface area contributed by atoms with Gasteiger partial charge in [-0.2, -0.15) is 0 Å². The fraction of sp³-hybridized carbons (Fsp3) is 1.00. The van der Waals surface area contributed by atoms with E-state index in [-0.39, 0.29) is 5.54 Å². The van der Waals surface area contributed by atoms with Crippen molar-refractivity contribution in [2.24, 2.45) is 0 Å². The molecule has 0 bridgehead atoms. The molecule has 108 valence electrons. The van der Waals surface area contributed by atoms with E-state index in [1.807, 2.05) is 0 Å². The Morgan fingerprint density at radius 1 is 1.28 bits per heavy atom. The molecule has 1 heterocycles. The average molecular weight is 257 g/mol. The van der Waals surface area contributed by atoms with Crippen LogP contribution in [-0.2, 0) is 9.47 Å². The molecule has 3 heteroatoms. The van der Waals surface area contributed by atoms with E-state index in [9.17, 15) is 0 Å². The monoisotopic (exact) mass is 257 g/mol. The van der Waals surface area contributed by atoms with E-state index in [0.717, 1.165) is 32.4 Å². The van der Waals surface area contributed by atoms with Gasteiger partial charge in [-0.05, 0) is 47.0 Å². The second-order valence-corrected chi connectivity index (χ2v) is 6.52. The first-order chi connectivity index (χ1) is 8.40. The summed E-state index contributed by atoms with van der Waals surface area (Å²) in [6, 6.07) is 0. The summed E-state index contributed by atoms with van der Waals surface area (Å²) >= 11 is 0. The lowest BCUT2D eigenvalue weighted by molar-refractivity contribution is -0.0389. The Balaban J connectivity index is 2.13. The molecule has 3 unspecified atom stereocenters. The quantitative estimate of drug-likeness (QED) is 0.760. The number of nitrogens with one attached hydrogen (secondary N) is 1. The number of ether oxygens (including phenoxy) is 2. The van der Waals surface area contributed by atoms with Crippen molar-refractivity contribution in [1.29, 1.82) is 0 Å². The van der Waals surface area contributed by atoms with Crippen molar-refractivity contribution in [2.75, 3.05) is 13.2 Å². The van der Waals surface area contributed by atoms with Crippen molar-refractivity contribution < 1.29 is 9.47 Å². The van der Waals surface area contributed by atoms with Crippen molar-refractivity contribution in [3.05, 3.63) is 0 Å². The molecule has 1 saturated heterocycles. The molecule has 0 radical (unpaired) electrons. The van der Waals surface area contributed by atoms with Crippen LogP contribution in [-0.4, -0.2) is 37.0 Å². The Bertz CT molecular complexity index is 225. The number of hydrogen-bond acceptors (Lipinski definition) is 3. The third-order valence-corrected chi connectivity index (χ3v) is 3.32. The Kier molecular flexibility index (Phi) is 6.61. The third kappa shape index (κ3) is 6.72. The Morgan fingerprint density at radius 3 is 2.56 bits per heavy atom. The van der Waals surface area contributed by atoms with Gasteiger partial charge in [-0.1, -0.05) is 13.3 Å². The van der Waals surface area contributed by atoms with Crippen LogP contribution in [0.15, 0.2) is 0 Å². The standard InChI is InChI=1S/C15H31NO2/c1-6-7-12(2)17-11-14-9-8-13(18-14)10-16-15(3,4)5/h12-14,16H,6-11H2,1-5H3. The van der Waals surface area contributed by atoms with Crippen LogP contribution in [0.3, 0.4) is 0 Å². The van der Waals surface area contributed by atoms with Gasteiger partial charge in [0.25, 0.3) is 0 Å². The summed E-state index contributed by atoms with van der Waals surface area (Å²) in [5, 5.41) is 3.50. The summed E-state index contributed by atoms with van der Waals surface area (Å²) in [6.45, 7) is 12.6. The molecular formula is C15H31NO2. The number of hydrogen-bond donors (Lipinski definition) is 1. The van der Waals surface area contributed by atoms with Gasteiger partial charge in [0.2, 0.25) is 0 Å². The predicted molar refractivity (Wildman–Crippen MR) is 76.0 cm³/mol. The van der Waals surface area contributed by atoms with Crippen LogP contribution in [0.4, 0.5) is 0 Å². The third-order valence-electron chi connectivity index (χ3n) is 3.32. The summed E-state index contributed by atoms with van der Waals surface area (Å²) in [5.74, 6) is 0. The Hall–Kier alpha value is -0.120. The normalized spacial score (nSPS) is 26.5. The smallest absolute Gasteiger partial charge is 0.0814 e. The SMILES string of the molecule is CCCC(C)OCC1CCC(CNC(C)(C)C)O1. The van der Waals surface area contributed by atoms with Crippen molar-refractivity contribution in [3.8, 4) is 0 Å². The largest absolute Gasteiger partial charge is 0.376 e. The summed E-state index contributed by atoms with van der Waals surface area (Å²) in [4.78, 5) is 0. The molecule has 1 aliphatic heterocycles. The molecular weight excluding hydrogens is 226 g/mol. The van der Waals surface area contributed by atoms with Crippen LogP contribution in [0.1, 0.15) is 60.3 Å². The van der Waals surface area contributed by atoms with Gasteiger partial charge in [0.15, 0.2) is 0 Å². The van der Waals surface area contributed by atoms with Gasteiger partial charge in [0.05, 0.1) is 24.9 Å². The highest BCUT2D eigenvalue weighted by Gasteiger charge is 2.26. The fourth-order valence-corrected chi connectivity index (χ4v) is 2.23. The fourth-order valence-electron chi connectivity index (χ4n) is 2.23. The lowest BCUT2D eigenvalue weighted by atomic mass is 10.1. The highest BCUT2D eigenvalue weighted by atomic mass is 16.5. The zero-order chi connectivity index (χ0) is 13.6. The molecule has 1 N–H and O–H groups in total. The predicted octanol–water partition coefficient (Wildman–Crippen LogP) is 3.13. The van der Waals surface area contributed by atoms with E-state index < -0.39 is 0 Å². The van der Waals surface area contributed by atoms with E-state index in [1.165, 1.54) is 6.42 Å². The Morgan fingerprint density at radius 2 is 1.94 bits per heavy atom. The minimum absolute atomic E-state index is 0.174. The molecule has 1 rings (SSSR count). The summed E-state index contributed by atoms with van der Waals surface area (Å²) in [5.41, 5.74) is 0.174. The second-order valence-electron chi connectivity index (χ2n) is 6.52. The first-order valence-corrected chi connectivity index (χ1v) is 7.43. The van der Waals surface area contributed by atoms with Gasteiger partial charge in [-0.15, -0.1) is 0 Å². The lowest BCUT2D eigenvalue weighted by Crippen LogP contribution is -2.41. The zero-order valence-corrected chi connectivity index (χ0v) is 12.8. The second kappa shape index (κ2) is 7.46. The molecule has 0 amide bonds. The van der Waals surface area contributed by atoms with E-state index in [1.54, 1.807) is 0 Å². The molecule has 0 aromatic rings. The molecule has 0 saturated carbocycles. The first kappa shape index (κ1) is 15.9. The first-order valence-electron chi connectivity index (χ1n) is 7.43. The van der Waals surface area contributed by atoms with Gasteiger partial charge in [-0.25, -0.2) is 0 Å². The van der Waals surface area contributed by atoms with Crippen LogP contribution in [0.25, 0.3) is 0 Å². The van der Waals surface area contributed by atoms with E-state index in [4.69, 9.17) is 9.47 Å². The molecule has 1 aliphatic rings. The van der Waals surface area contributed by atoms with Crippen LogP contribution in [0.5, 0.6) is 0 Å². The summed E-state index contributed by atoms with van der Waals surface area (Å²) in [7, 11) is 0. The van der Waals surface area contributed by atoms with Gasteiger partial charge in [0.1, 0.15) is 0 Å². The number of rotatable bonds is 7. The molecule has 0 aromatic heterocycles. The zero-order valence-electron chi connectivity index (χ0n) is 12.8. The van der Waals surface area contributed by atoms with Crippen molar-refractivity contribution in [1.82, 2.24) is 5.32 Å². The maximum atomic E-state index is 6.00. The molecule has 3 nitrogen and oxygen atoms in total. The topological polar surface area (TPSA) is 30.5 Å². The molecule has 1 fully saturated rings. The van der Waals surface area contributed by atoms with Gasteiger partial charge < -0.3 is 14.8 Å². The van der Waals surface area contributed by atoms with Crippen LogP contribution < -0.4 is 5.32 Å². The highest BCUT2D eigenvalue weighted by molar-refractivity contribution is 4.79.